The van der Waals surface area contributed by atoms with Gasteiger partial charge in [-0.05, 0) is 0 Å². The Balaban J connectivity index is 2.80. The number of allylic oxidation sites excluding steroid dienone is 1. The van der Waals surface area contributed by atoms with E-state index in [9.17, 15) is 4.79 Å². The summed E-state index contributed by atoms with van der Waals surface area (Å²) in [6, 6.07) is 0. The minimum Gasteiger partial charge on any atom is -0.292 e. The van der Waals surface area contributed by atoms with Crippen molar-refractivity contribution < 1.29 is 4.79 Å². The van der Waals surface area contributed by atoms with Gasteiger partial charge in [0.25, 0.3) is 0 Å². The van der Waals surface area contributed by atoms with Gasteiger partial charge in [0.1, 0.15) is 5.04 Å². The van der Waals surface area contributed by atoms with E-state index >= 15 is 0 Å². The minimum absolute atomic E-state index is 0.00386. The molecule has 0 aromatic heterocycles. The maximum absolute atomic E-state index is 10.5. The van der Waals surface area contributed by atoms with Gasteiger partial charge in [0.05, 0.1) is 0 Å². The molecule has 1 aliphatic rings. The first kappa shape index (κ1) is 5.56. The van der Waals surface area contributed by atoms with Gasteiger partial charge in [0, 0.05) is 12.6 Å². The predicted molar refractivity (Wildman–Crippen MR) is 35.2 cm³/mol. The third-order valence-corrected chi connectivity index (χ3v) is 1.22. The number of aliphatic imine (C=N–C) groups is 1. The van der Waals surface area contributed by atoms with Gasteiger partial charge in [-0.25, -0.2) is 4.99 Å². The molecule has 1 heterocycles. The van der Waals surface area contributed by atoms with Crippen molar-refractivity contribution in [3.8, 4) is 0 Å². The molecule has 1 aliphatic heterocycles. The Labute approximate surface area is 52.7 Å². The van der Waals surface area contributed by atoms with Crippen molar-refractivity contribution in [2.24, 2.45) is 4.99 Å². The third kappa shape index (κ3) is 0.980. The van der Waals surface area contributed by atoms with Crippen LogP contribution in [0.4, 0.5) is 0 Å². The Bertz CT molecular complexity index is 171. The van der Waals surface area contributed by atoms with Gasteiger partial charge in [-0.3, -0.25) is 4.79 Å². The number of carbonyl (C=O) groups excluding carboxylic acids is 1. The second-order valence-electron chi connectivity index (χ2n) is 1.46. The van der Waals surface area contributed by atoms with E-state index in [4.69, 9.17) is 0 Å². The van der Waals surface area contributed by atoms with Crippen LogP contribution in [0.3, 0.4) is 0 Å². The van der Waals surface area contributed by atoms with Gasteiger partial charge in [0.2, 0.25) is 0 Å². The summed E-state index contributed by atoms with van der Waals surface area (Å²) in [5.41, 5.74) is 0. The molecule has 3 heteroatoms. The highest BCUT2D eigenvalue weighted by molar-refractivity contribution is 7.99. The van der Waals surface area contributed by atoms with Gasteiger partial charge in [0.15, 0.2) is 5.78 Å². The smallest absolute Gasteiger partial charge is 0.191 e. The second-order valence-corrected chi connectivity index (χ2v) is 1.89. The van der Waals surface area contributed by atoms with Crippen LogP contribution in [0.5, 0.6) is 0 Å². The van der Waals surface area contributed by atoms with E-state index in [1.165, 1.54) is 0 Å². The van der Waals surface area contributed by atoms with Crippen molar-refractivity contribution in [3.63, 3.8) is 0 Å². The van der Waals surface area contributed by atoms with Crippen molar-refractivity contribution >= 4 is 23.5 Å². The van der Waals surface area contributed by atoms with Gasteiger partial charge < -0.3 is 0 Å². The summed E-state index contributed by atoms with van der Waals surface area (Å²) in [5, 5.41) is 0.313. The lowest BCUT2D eigenvalue weighted by Crippen LogP contribution is -2.07. The quantitative estimate of drug-likeness (QED) is 0.479. The predicted octanol–water partition coefficient (Wildman–Crippen LogP) is 0.801. The molecular weight excluding hydrogens is 122 g/mol. The van der Waals surface area contributed by atoms with E-state index in [1.54, 1.807) is 12.3 Å². The van der Waals surface area contributed by atoms with Crippen molar-refractivity contribution in [2.45, 2.75) is 6.42 Å². The number of hydrogen-bond donors (Lipinski definition) is 1. The Hall–Kier alpha value is -0.570. The summed E-state index contributed by atoms with van der Waals surface area (Å²) in [4.78, 5) is 14.2. The summed E-state index contributed by atoms with van der Waals surface area (Å²) < 4.78 is 0. The van der Waals surface area contributed by atoms with Crippen LogP contribution in [0.2, 0.25) is 0 Å². The van der Waals surface area contributed by atoms with E-state index in [0.29, 0.717) is 11.5 Å². The highest BCUT2D eigenvalue weighted by Gasteiger charge is 2.05. The van der Waals surface area contributed by atoms with Gasteiger partial charge >= 0.3 is 0 Å². The van der Waals surface area contributed by atoms with Crippen LogP contribution < -0.4 is 0 Å². The summed E-state index contributed by atoms with van der Waals surface area (Å²) in [7, 11) is 0. The molecule has 0 aromatic carbocycles. The van der Waals surface area contributed by atoms with E-state index in [-0.39, 0.29) is 5.78 Å². The number of ketones is 1. The van der Waals surface area contributed by atoms with Crippen LogP contribution >= 0.6 is 12.6 Å². The highest BCUT2D eigenvalue weighted by Crippen LogP contribution is 2.00. The molecule has 0 unspecified atom stereocenters. The fourth-order valence-electron chi connectivity index (χ4n) is 0.446. The standard InChI is InChI=1S/C5H5NOS/c7-4-2-1-3-6-5(4)8/h1,3H,2H2,(H,6,8). The summed E-state index contributed by atoms with van der Waals surface area (Å²) in [6.07, 6.45) is 3.74. The van der Waals surface area contributed by atoms with Crippen LogP contribution in [-0.4, -0.2) is 10.8 Å². The molecule has 0 bridgehead atoms. The molecule has 1 rings (SSSR count). The molecule has 0 N–H and O–H groups in total. The summed E-state index contributed by atoms with van der Waals surface area (Å²) >= 11 is 3.81. The monoisotopic (exact) mass is 127 g/mol. The van der Waals surface area contributed by atoms with Crippen LogP contribution in [0.25, 0.3) is 0 Å². The van der Waals surface area contributed by atoms with Crippen molar-refractivity contribution in [1.29, 1.82) is 0 Å². The van der Waals surface area contributed by atoms with E-state index in [0.717, 1.165) is 0 Å². The number of thiol groups is 1. The molecule has 0 saturated heterocycles. The van der Waals surface area contributed by atoms with Crippen LogP contribution in [0.15, 0.2) is 17.3 Å². The Morgan fingerprint density at radius 2 is 2.50 bits per heavy atom. The largest absolute Gasteiger partial charge is 0.292 e. The Morgan fingerprint density at radius 3 is 2.88 bits per heavy atom. The van der Waals surface area contributed by atoms with Crippen molar-refractivity contribution in [3.05, 3.63) is 12.3 Å². The zero-order valence-electron chi connectivity index (χ0n) is 4.16. The normalized spacial score (nSPS) is 18.6. The Morgan fingerprint density at radius 1 is 1.75 bits per heavy atom. The molecule has 0 atom stereocenters. The van der Waals surface area contributed by atoms with Crippen molar-refractivity contribution in [1.82, 2.24) is 0 Å². The maximum atomic E-state index is 10.5. The van der Waals surface area contributed by atoms with Gasteiger partial charge in [-0.15, -0.1) is 12.6 Å². The molecule has 0 aliphatic carbocycles. The number of rotatable bonds is 0. The van der Waals surface area contributed by atoms with Crippen LogP contribution in [0, 0.1) is 0 Å². The number of nitrogens with zero attached hydrogens (tertiary/aromatic N) is 1. The number of carbonyl (C=O) groups is 1. The summed E-state index contributed by atoms with van der Waals surface area (Å²) in [6.45, 7) is 0. The molecule has 42 valence electrons. The molecule has 0 spiro atoms. The zero-order valence-corrected chi connectivity index (χ0v) is 5.06. The molecule has 0 fully saturated rings. The molecule has 0 radical (unpaired) electrons. The fourth-order valence-corrected chi connectivity index (χ4v) is 0.604. The molecule has 2 nitrogen and oxygen atoms in total. The third-order valence-electron chi connectivity index (χ3n) is 0.855. The molecule has 0 saturated carbocycles. The molecule has 0 amide bonds. The number of hydrogen-bond acceptors (Lipinski definition) is 2. The first-order chi connectivity index (χ1) is 3.80. The highest BCUT2D eigenvalue weighted by atomic mass is 32.1. The fraction of sp³-hybridized carbons (Fsp3) is 0.200. The first-order valence-electron chi connectivity index (χ1n) is 2.25. The zero-order chi connectivity index (χ0) is 5.98. The molecule has 8 heavy (non-hydrogen) atoms. The average Bonchev–Trinajstić information content (AvgIpc) is 1.77. The first-order valence-corrected chi connectivity index (χ1v) is 2.70. The lowest BCUT2D eigenvalue weighted by Gasteiger charge is -1.96. The van der Waals surface area contributed by atoms with Crippen molar-refractivity contribution in [2.75, 3.05) is 0 Å². The number of Topliss-reactive ketones (excluding diaryl/α,β-unsaturated/α-hetero) is 1. The lowest BCUT2D eigenvalue weighted by molar-refractivity contribution is -0.112. The SMILES string of the molecule is O=C1CC=CN=C1S. The molecular formula is C5H5NOS. The van der Waals surface area contributed by atoms with Gasteiger partial charge in [-0.2, -0.15) is 0 Å². The van der Waals surface area contributed by atoms with Crippen LogP contribution in [-0.2, 0) is 4.79 Å². The van der Waals surface area contributed by atoms with Crippen LogP contribution in [0.1, 0.15) is 6.42 Å². The second kappa shape index (κ2) is 2.13. The summed E-state index contributed by atoms with van der Waals surface area (Å²) in [5.74, 6) is -0.00386. The maximum Gasteiger partial charge on any atom is 0.191 e. The topological polar surface area (TPSA) is 29.4 Å². The lowest BCUT2D eigenvalue weighted by atomic mass is 10.3. The van der Waals surface area contributed by atoms with E-state index < -0.39 is 0 Å². The van der Waals surface area contributed by atoms with E-state index in [2.05, 4.69) is 17.6 Å². The molecule has 0 aromatic rings. The Kier molecular flexibility index (Phi) is 1.48. The average molecular weight is 127 g/mol. The minimum atomic E-state index is -0.00386. The van der Waals surface area contributed by atoms with Gasteiger partial charge in [-0.1, -0.05) is 6.08 Å². The van der Waals surface area contributed by atoms with E-state index in [1.807, 2.05) is 0 Å².